The van der Waals surface area contributed by atoms with Crippen molar-refractivity contribution in [3.63, 3.8) is 0 Å². The van der Waals surface area contributed by atoms with E-state index in [1.54, 1.807) is 0 Å². The maximum Gasteiger partial charge on any atom is 0.343 e. The van der Waals surface area contributed by atoms with Gasteiger partial charge in [-0.3, -0.25) is 4.79 Å². The topological polar surface area (TPSA) is 67.9 Å². The van der Waals surface area contributed by atoms with Crippen LogP contribution in [0.25, 0.3) is 0 Å². The Bertz CT molecular complexity index is 656. The number of nitrogens with zero attached hydrogens (tertiary/aromatic N) is 1. The molecule has 1 fully saturated rings. The molecule has 2 rings (SSSR count). The highest BCUT2D eigenvalue weighted by Gasteiger charge is 2.22. The van der Waals surface area contributed by atoms with E-state index in [4.69, 9.17) is 4.74 Å². The van der Waals surface area contributed by atoms with E-state index in [1.165, 1.54) is 12.7 Å². The molecule has 0 aromatic heterocycles. The van der Waals surface area contributed by atoms with Crippen LogP contribution in [-0.4, -0.2) is 49.6 Å². The van der Waals surface area contributed by atoms with Gasteiger partial charge in [-0.15, -0.1) is 0 Å². The average Bonchev–Trinajstić information content (AvgIpc) is 2.65. The SMILES string of the molecule is COC(=O)COc1c(C)cc(CNC2CCN(C(=O)CC(C)C)CC2)cc1C. The largest absolute Gasteiger partial charge is 0.481 e. The van der Waals surface area contributed by atoms with Crippen molar-refractivity contribution in [1.29, 1.82) is 0 Å². The van der Waals surface area contributed by atoms with Crippen molar-refractivity contribution in [3.05, 3.63) is 28.8 Å². The summed E-state index contributed by atoms with van der Waals surface area (Å²) in [6.07, 6.45) is 2.62. The number of carbonyl (C=O) groups is 2. The van der Waals surface area contributed by atoms with Crippen molar-refractivity contribution in [2.45, 2.75) is 59.5 Å². The molecule has 1 N–H and O–H groups in total. The predicted octanol–water partition coefficient (Wildman–Crippen LogP) is 2.98. The van der Waals surface area contributed by atoms with Gasteiger partial charge in [-0.05, 0) is 49.3 Å². The van der Waals surface area contributed by atoms with Crippen molar-refractivity contribution in [1.82, 2.24) is 10.2 Å². The highest BCUT2D eigenvalue weighted by atomic mass is 16.6. The van der Waals surface area contributed by atoms with Crippen LogP contribution in [0.5, 0.6) is 5.75 Å². The summed E-state index contributed by atoms with van der Waals surface area (Å²) in [5.41, 5.74) is 3.21. The number of hydrogen-bond acceptors (Lipinski definition) is 5. The van der Waals surface area contributed by atoms with Crippen molar-refractivity contribution in [2.24, 2.45) is 5.92 Å². The van der Waals surface area contributed by atoms with E-state index >= 15 is 0 Å². The predicted molar refractivity (Wildman–Crippen MR) is 109 cm³/mol. The molecule has 1 aliphatic heterocycles. The Labute approximate surface area is 168 Å². The summed E-state index contributed by atoms with van der Waals surface area (Å²) < 4.78 is 10.2. The molecule has 0 bridgehead atoms. The summed E-state index contributed by atoms with van der Waals surface area (Å²) >= 11 is 0. The first-order valence-electron chi connectivity index (χ1n) is 10.1. The van der Waals surface area contributed by atoms with E-state index in [1.807, 2.05) is 18.7 Å². The van der Waals surface area contributed by atoms with Crippen LogP contribution in [0.15, 0.2) is 12.1 Å². The number of hydrogen-bond donors (Lipinski definition) is 1. The van der Waals surface area contributed by atoms with Crippen LogP contribution in [0.1, 0.15) is 49.8 Å². The first-order chi connectivity index (χ1) is 13.3. The lowest BCUT2D eigenvalue weighted by Crippen LogP contribution is -2.45. The number of carbonyl (C=O) groups excluding carboxylic acids is 2. The zero-order valence-electron chi connectivity index (χ0n) is 17.8. The minimum Gasteiger partial charge on any atom is -0.481 e. The second-order valence-electron chi connectivity index (χ2n) is 8.06. The molecule has 1 amide bonds. The highest BCUT2D eigenvalue weighted by Crippen LogP contribution is 2.25. The van der Waals surface area contributed by atoms with Gasteiger partial charge in [0.1, 0.15) is 5.75 Å². The van der Waals surface area contributed by atoms with Gasteiger partial charge in [0.25, 0.3) is 0 Å². The molecule has 1 aliphatic rings. The lowest BCUT2D eigenvalue weighted by molar-refractivity contribution is -0.143. The Morgan fingerprint density at radius 2 is 1.79 bits per heavy atom. The van der Waals surface area contributed by atoms with Crippen LogP contribution < -0.4 is 10.1 Å². The van der Waals surface area contributed by atoms with E-state index < -0.39 is 0 Å². The summed E-state index contributed by atoms with van der Waals surface area (Å²) in [5, 5.41) is 3.62. The first kappa shape index (κ1) is 22.2. The molecule has 156 valence electrons. The Morgan fingerprint density at radius 3 is 2.32 bits per heavy atom. The van der Waals surface area contributed by atoms with Crippen LogP contribution in [0.4, 0.5) is 0 Å². The van der Waals surface area contributed by atoms with Gasteiger partial charge in [-0.2, -0.15) is 0 Å². The van der Waals surface area contributed by atoms with Gasteiger partial charge in [0.2, 0.25) is 5.91 Å². The third-order valence-electron chi connectivity index (χ3n) is 5.11. The molecule has 1 aromatic rings. The number of piperidine rings is 1. The summed E-state index contributed by atoms with van der Waals surface area (Å²) in [7, 11) is 1.35. The molecule has 6 heteroatoms. The maximum atomic E-state index is 12.2. The number of esters is 1. The van der Waals surface area contributed by atoms with Crippen LogP contribution in [0.2, 0.25) is 0 Å². The van der Waals surface area contributed by atoms with Crippen molar-refractivity contribution < 1.29 is 19.1 Å². The fraction of sp³-hybridized carbons (Fsp3) is 0.636. The van der Waals surface area contributed by atoms with E-state index in [9.17, 15) is 9.59 Å². The molecular formula is C22H34N2O4. The van der Waals surface area contributed by atoms with Gasteiger partial charge in [-0.1, -0.05) is 26.0 Å². The summed E-state index contributed by atoms with van der Waals surface area (Å²) in [6, 6.07) is 4.61. The Hall–Kier alpha value is -2.08. The number of benzene rings is 1. The number of rotatable bonds is 8. The molecule has 0 unspecified atom stereocenters. The van der Waals surface area contributed by atoms with Crippen LogP contribution >= 0.6 is 0 Å². The first-order valence-corrected chi connectivity index (χ1v) is 10.1. The standard InChI is InChI=1S/C22H34N2O4/c1-15(2)10-20(25)24-8-6-19(7-9-24)23-13-18-11-16(3)22(17(4)12-18)28-14-21(26)27-5/h11-12,15,19,23H,6-10,13-14H2,1-5H3. The smallest absolute Gasteiger partial charge is 0.343 e. The normalized spacial score (nSPS) is 15.0. The number of ether oxygens (including phenoxy) is 2. The molecule has 0 aliphatic carbocycles. The van der Waals surface area contributed by atoms with Crippen LogP contribution in [0.3, 0.4) is 0 Å². The monoisotopic (exact) mass is 390 g/mol. The second kappa shape index (κ2) is 10.5. The van der Waals surface area contributed by atoms with E-state index in [0.717, 1.165) is 49.4 Å². The summed E-state index contributed by atoms with van der Waals surface area (Å²) in [6.45, 7) is 10.5. The maximum absolute atomic E-state index is 12.2. The Morgan fingerprint density at radius 1 is 1.18 bits per heavy atom. The molecule has 1 heterocycles. The van der Waals surface area contributed by atoms with E-state index in [0.29, 0.717) is 18.4 Å². The second-order valence-corrected chi connectivity index (χ2v) is 8.06. The third kappa shape index (κ3) is 6.51. The lowest BCUT2D eigenvalue weighted by atomic mass is 10.0. The van der Waals surface area contributed by atoms with Gasteiger partial charge >= 0.3 is 5.97 Å². The summed E-state index contributed by atoms with van der Waals surface area (Å²) in [4.78, 5) is 25.5. The van der Waals surface area contributed by atoms with Crippen molar-refractivity contribution in [3.8, 4) is 5.75 Å². The molecule has 0 atom stereocenters. The van der Waals surface area contributed by atoms with Crippen LogP contribution in [-0.2, 0) is 20.9 Å². The molecule has 1 saturated heterocycles. The quantitative estimate of drug-likeness (QED) is 0.691. The minimum absolute atomic E-state index is 0.0795. The number of amides is 1. The van der Waals surface area contributed by atoms with Crippen LogP contribution in [0, 0.1) is 19.8 Å². The molecule has 6 nitrogen and oxygen atoms in total. The van der Waals surface area contributed by atoms with Crippen molar-refractivity contribution in [2.75, 3.05) is 26.8 Å². The van der Waals surface area contributed by atoms with E-state index in [2.05, 4.69) is 36.0 Å². The summed E-state index contributed by atoms with van der Waals surface area (Å²) in [5.74, 6) is 1.05. The van der Waals surface area contributed by atoms with Gasteiger partial charge in [-0.25, -0.2) is 4.79 Å². The molecule has 0 saturated carbocycles. The molecule has 1 aromatic carbocycles. The Balaban J connectivity index is 1.83. The molecule has 28 heavy (non-hydrogen) atoms. The van der Waals surface area contributed by atoms with Gasteiger partial charge in [0, 0.05) is 32.1 Å². The van der Waals surface area contributed by atoms with Gasteiger partial charge in [0.05, 0.1) is 7.11 Å². The number of methoxy groups -OCH3 is 1. The molecular weight excluding hydrogens is 356 g/mol. The molecule has 0 spiro atoms. The third-order valence-corrected chi connectivity index (χ3v) is 5.11. The highest BCUT2D eigenvalue weighted by molar-refractivity contribution is 5.76. The molecule has 0 radical (unpaired) electrons. The minimum atomic E-state index is -0.386. The Kier molecular flexibility index (Phi) is 8.30. The average molecular weight is 391 g/mol. The zero-order chi connectivity index (χ0) is 20.7. The fourth-order valence-corrected chi connectivity index (χ4v) is 3.63. The van der Waals surface area contributed by atoms with E-state index in [-0.39, 0.29) is 18.5 Å². The number of nitrogens with one attached hydrogen (secondary N) is 1. The zero-order valence-corrected chi connectivity index (χ0v) is 17.8. The van der Waals surface area contributed by atoms with Gasteiger partial charge in [0.15, 0.2) is 6.61 Å². The fourth-order valence-electron chi connectivity index (χ4n) is 3.63. The van der Waals surface area contributed by atoms with Crippen molar-refractivity contribution >= 4 is 11.9 Å². The van der Waals surface area contributed by atoms with Gasteiger partial charge < -0.3 is 19.7 Å². The number of aryl methyl sites for hydroxylation is 2. The number of likely N-dealkylation sites (tertiary alicyclic amines) is 1. The lowest BCUT2D eigenvalue weighted by Gasteiger charge is -2.33.